The summed E-state index contributed by atoms with van der Waals surface area (Å²) in [7, 11) is 0. The van der Waals surface area contributed by atoms with Crippen LogP contribution in [-0.2, 0) is 4.79 Å². The number of para-hydroxylation sites is 1. The van der Waals surface area contributed by atoms with Crippen molar-refractivity contribution in [1.29, 1.82) is 0 Å². The monoisotopic (exact) mass is 315 g/mol. The highest BCUT2D eigenvalue weighted by Crippen LogP contribution is 2.31. The van der Waals surface area contributed by atoms with Crippen LogP contribution < -0.4 is 16.0 Å². The van der Waals surface area contributed by atoms with E-state index in [-0.39, 0.29) is 17.4 Å². The largest absolute Gasteiger partial charge is 0.371 e. The number of carbonyl (C=O) groups is 1. The van der Waals surface area contributed by atoms with Gasteiger partial charge in [0.25, 0.3) is 0 Å². The van der Waals surface area contributed by atoms with Gasteiger partial charge in [-0.2, -0.15) is 0 Å². The molecule has 1 saturated carbocycles. The van der Waals surface area contributed by atoms with E-state index in [1.807, 2.05) is 13.0 Å². The van der Waals surface area contributed by atoms with Gasteiger partial charge in [0, 0.05) is 30.9 Å². The van der Waals surface area contributed by atoms with E-state index in [0.717, 1.165) is 51.7 Å². The summed E-state index contributed by atoms with van der Waals surface area (Å²) in [6.45, 7) is 4.90. The fourth-order valence-corrected chi connectivity index (χ4v) is 4.03. The van der Waals surface area contributed by atoms with Crippen LogP contribution in [0.15, 0.2) is 30.3 Å². The normalized spacial score (nSPS) is 31.1. The van der Waals surface area contributed by atoms with E-state index in [4.69, 9.17) is 5.73 Å². The van der Waals surface area contributed by atoms with Gasteiger partial charge < -0.3 is 16.0 Å². The summed E-state index contributed by atoms with van der Waals surface area (Å²) in [5, 5.41) is 3.18. The molecule has 3 N–H and O–H groups in total. The van der Waals surface area contributed by atoms with Crippen LogP contribution in [0.4, 0.5) is 5.69 Å². The summed E-state index contributed by atoms with van der Waals surface area (Å²) in [6, 6.07) is 10.5. The van der Waals surface area contributed by atoms with Crippen molar-refractivity contribution in [3.8, 4) is 0 Å². The number of rotatable bonds is 4. The van der Waals surface area contributed by atoms with Gasteiger partial charge >= 0.3 is 0 Å². The summed E-state index contributed by atoms with van der Waals surface area (Å²) in [5.41, 5.74) is 7.28. The van der Waals surface area contributed by atoms with Gasteiger partial charge in [0.1, 0.15) is 0 Å². The van der Waals surface area contributed by atoms with E-state index < -0.39 is 0 Å². The topological polar surface area (TPSA) is 58.4 Å². The van der Waals surface area contributed by atoms with Crippen molar-refractivity contribution < 1.29 is 4.79 Å². The Morgan fingerprint density at radius 1 is 1.30 bits per heavy atom. The van der Waals surface area contributed by atoms with Gasteiger partial charge in [-0.05, 0) is 44.2 Å². The summed E-state index contributed by atoms with van der Waals surface area (Å²) < 4.78 is 0. The smallest absolute Gasteiger partial charge is 0.224 e. The molecule has 3 unspecified atom stereocenters. The third-order valence-corrected chi connectivity index (χ3v) is 5.54. The summed E-state index contributed by atoms with van der Waals surface area (Å²) in [6.07, 6.45) is 5.29. The number of nitrogens with one attached hydrogen (secondary N) is 1. The maximum atomic E-state index is 12.5. The first-order valence-corrected chi connectivity index (χ1v) is 8.93. The molecular weight excluding hydrogens is 286 g/mol. The zero-order valence-electron chi connectivity index (χ0n) is 14.1. The first-order chi connectivity index (χ1) is 11.1. The molecule has 1 aromatic rings. The number of benzene rings is 1. The predicted octanol–water partition coefficient (Wildman–Crippen LogP) is 2.54. The molecule has 126 valence electrons. The third kappa shape index (κ3) is 3.86. The Bertz CT molecular complexity index is 529. The number of hydrogen-bond acceptors (Lipinski definition) is 3. The van der Waals surface area contributed by atoms with Crippen LogP contribution in [0.2, 0.25) is 0 Å². The molecule has 4 heteroatoms. The predicted molar refractivity (Wildman–Crippen MR) is 94.3 cm³/mol. The van der Waals surface area contributed by atoms with Crippen LogP contribution >= 0.6 is 0 Å². The number of anilines is 1. The van der Waals surface area contributed by atoms with E-state index in [0.29, 0.717) is 5.92 Å². The summed E-state index contributed by atoms with van der Waals surface area (Å²) in [4.78, 5) is 14.9. The molecule has 1 aromatic carbocycles. The molecule has 0 radical (unpaired) electrons. The maximum absolute atomic E-state index is 12.5. The third-order valence-electron chi connectivity index (χ3n) is 5.54. The van der Waals surface area contributed by atoms with Crippen LogP contribution in [0.3, 0.4) is 0 Å². The maximum Gasteiger partial charge on any atom is 0.224 e. The van der Waals surface area contributed by atoms with Crippen LogP contribution in [0.25, 0.3) is 0 Å². The molecule has 4 nitrogen and oxygen atoms in total. The second-order valence-corrected chi connectivity index (χ2v) is 7.49. The molecule has 23 heavy (non-hydrogen) atoms. The Hall–Kier alpha value is -1.55. The molecule has 2 aliphatic rings. The average molecular weight is 315 g/mol. The Kier molecular flexibility index (Phi) is 4.90. The van der Waals surface area contributed by atoms with E-state index in [9.17, 15) is 4.79 Å². The Morgan fingerprint density at radius 2 is 2.09 bits per heavy atom. The number of hydrogen-bond donors (Lipinski definition) is 2. The van der Waals surface area contributed by atoms with Crippen LogP contribution in [0.5, 0.6) is 0 Å². The second kappa shape index (κ2) is 6.91. The first kappa shape index (κ1) is 16.3. The van der Waals surface area contributed by atoms with Gasteiger partial charge in [0.15, 0.2) is 0 Å². The quantitative estimate of drug-likeness (QED) is 0.897. The molecule has 1 saturated heterocycles. The van der Waals surface area contributed by atoms with Gasteiger partial charge in [-0.15, -0.1) is 0 Å². The van der Waals surface area contributed by atoms with Crippen molar-refractivity contribution in [2.75, 3.05) is 24.5 Å². The van der Waals surface area contributed by atoms with Crippen molar-refractivity contribution in [2.45, 2.75) is 44.6 Å². The van der Waals surface area contributed by atoms with E-state index in [1.165, 1.54) is 5.69 Å². The van der Waals surface area contributed by atoms with Crippen LogP contribution in [0.1, 0.15) is 39.0 Å². The van der Waals surface area contributed by atoms with Crippen molar-refractivity contribution >= 4 is 11.6 Å². The lowest BCUT2D eigenvalue weighted by Gasteiger charge is -2.37. The van der Waals surface area contributed by atoms with E-state index in [2.05, 4.69) is 34.5 Å². The lowest BCUT2D eigenvalue weighted by Crippen LogP contribution is -2.53. The highest BCUT2D eigenvalue weighted by Gasteiger charge is 2.38. The molecule has 0 aromatic heterocycles. The summed E-state index contributed by atoms with van der Waals surface area (Å²) >= 11 is 0. The Labute approximate surface area is 139 Å². The van der Waals surface area contributed by atoms with Crippen molar-refractivity contribution in [3.05, 3.63) is 30.3 Å². The molecule has 1 aliphatic carbocycles. The first-order valence-electron chi connectivity index (χ1n) is 8.93. The molecule has 0 spiro atoms. The minimum Gasteiger partial charge on any atom is -0.371 e. The molecule has 1 aliphatic heterocycles. The second-order valence-electron chi connectivity index (χ2n) is 7.49. The van der Waals surface area contributed by atoms with E-state index >= 15 is 0 Å². The number of carbonyl (C=O) groups excluding carboxylic acids is 1. The van der Waals surface area contributed by atoms with Crippen molar-refractivity contribution in [3.63, 3.8) is 0 Å². The SMILES string of the molecule is CC1(N)CCCCC1C(=O)NCC1CCN(c2ccccc2)C1. The van der Waals surface area contributed by atoms with Gasteiger partial charge in [0.2, 0.25) is 5.91 Å². The molecule has 2 fully saturated rings. The van der Waals surface area contributed by atoms with E-state index in [1.54, 1.807) is 0 Å². The minimum atomic E-state index is -0.339. The standard InChI is InChI=1S/C19H29N3O/c1-19(20)11-6-5-9-17(19)18(23)21-13-15-10-12-22(14-15)16-7-3-2-4-8-16/h2-4,7-8,15,17H,5-6,9-14,20H2,1H3,(H,21,23). The zero-order chi connectivity index (χ0) is 16.3. The Morgan fingerprint density at radius 3 is 2.83 bits per heavy atom. The molecular formula is C19H29N3O. The number of nitrogens with zero attached hydrogens (tertiary/aromatic N) is 1. The highest BCUT2D eigenvalue weighted by molar-refractivity contribution is 5.80. The molecule has 3 atom stereocenters. The fraction of sp³-hybridized carbons (Fsp3) is 0.632. The van der Waals surface area contributed by atoms with Gasteiger partial charge in [-0.1, -0.05) is 31.0 Å². The average Bonchev–Trinajstić information content (AvgIpc) is 3.02. The van der Waals surface area contributed by atoms with Gasteiger partial charge in [-0.25, -0.2) is 0 Å². The lowest BCUT2D eigenvalue weighted by atomic mass is 9.74. The van der Waals surface area contributed by atoms with Crippen LogP contribution in [0, 0.1) is 11.8 Å². The summed E-state index contributed by atoms with van der Waals surface area (Å²) in [5.74, 6) is 0.669. The van der Waals surface area contributed by atoms with Crippen molar-refractivity contribution in [2.24, 2.45) is 17.6 Å². The van der Waals surface area contributed by atoms with Gasteiger partial charge in [0.05, 0.1) is 5.92 Å². The fourth-order valence-electron chi connectivity index (χ4n) is 4.03. The molecule has 1 amide bonds. The lowest BCUT2D eigenvalue weighted by molar-refractivity contribution is -0.128. The molecule has 3 rings (SSSR count). The Balaban J connectivity index is 1.48. The minimum absolute atomic E-state index is 0.0251. The molecule has 1 heterocycles. The zero-order valence-corrected chi connectivity index (χ0v) is 14.1. The molecule has 0 bridgehead atoms. The number of amides is 1. The van der Waals surface area contributed by atoms with Crippen molar-refractivity contribution in [1.82, 2.24) is 5.32 Å². The highest BCUT2D eigenvalue weighted by atomic mass is 16.1. The van der Waals surface area contributed by atoms with Crippen LogP contribution in [-0.4, -0.2) is 31.1 Å². The van der Waals surface area contributed by atoms with Gasteiger partial charge in [-0.3, -0.25) is 4.79 Å². The number of nitrogens with two attached hydrogens (primary N) is 1.